The van der Waals surface area contributed by atoms with Gasteiger partial charge in [-0.2, -0.15) is 0 Å². The van der Waals surface area contributed by atoms with Crippen LogP contribution < -0.4 is 11.1 Å². The summed E-state index contributed by atoms with van der Waals surface area (Å²) in [6.07, 6.45) is 3.15. The first-order valence-corrected chi connectivity index (χ1v) is 9.13. The molecule has 26 heavy (non-hydrogen) atoms. The molecule has 3 N–H and O–H groups in total. The average Bonchev–Trinajstić information content (AvgIpc) is 3.12. The average molecular weight is 404 g/mol. The summed E-state index contributed by atoms with van der Waals surface area (Å²) in [7, 11) is 0. The Morgan fingerprint density at radius 2 is 1.88 bits per heavy atom. The summed E-state index contributed by atoms with van der Waals surface area (Å²) in [6.45, 7) is 4.83. The number of hydrogen-bond donors (Lipinski definition) is 2. The predicted octanol–water partition coefficient (Wildman–Crippen LogP) is 2.39. The highest BCUT2D eigenvalue weighted by Gasteiger charge is 2.33. The molecule has 0 spiro atoms. The van der Waals surface area contributed by atoms with Gasteiger partial charge in [-0.15, -0.1) is 24.8 Å². The number of ether oxygens (including phenoxy) is 1. The molecule has 1 saturated carbocycles. The normalized spacial score (nSPS) is 24.2. The molecule has 0 bridgehead atoms. The Morgan fingerprint density at radius 3 is 2.54 bits per heavy atom. The monoisotopic (exact) mass is 403 g/mol. The van der Waals surface area contributed by atoms with Gasteiger partial charge in [0.25, 0.3) is 0 Å². The van der Waals surface area contributed by atoms with E-state index in [0.717, 1.165) is 52.1 Å². The number of carbonyl (C=O) groups is 1. The van der Waals surface area contributed by atoms with Gasteiger partial charge in [0.15, 0.2) is 0 Å². The second-order valence-electron chi connectivity index (χ2n) is 6.92. The molecule has 148 valence electrons. The number of nitrogens with two attached hydrogens (primary N) is 1. The molecule has 1 aliphatic heterocycles. The number of rotatable bonds is 6. The van der Waals surface area contributed by atoms with Crippen LogP contribution in [0.5, 0.6) is 0 Å². The van der Waals surface area contributed by atoms with Gasteiger partial charge in [-0.25, -0.2) is 0 Å². The first kappa shape index (κ1) is 23.2. The van der Waals surface area contributed by atoms with Gasteiger partial charge in [0, 0.05) is 25.6 Å². The van der Waals surface area contributed by atoms with Crippen LogP contribution in [-0.2, 0) is 9.53 Å². The lowest BCUT2D eigenvalue weighted by Gasteiger charge is -2.32. The molecule has 2 fully saturated rings. The molecule has 1 amide bonds. The molecule has 1 saturated heterocycles. The largest absolute Gasteiger partial charge is 0.379 e. The molecular formula is C19H31Cl2N3O2. The minimum Gasteiger partial charge on any atom is -0.379 e. The standard InChI is InChI=1S/C19H29N3O2.2ClH/c20-13-16-7-4-8-17(16)19(23)21-18(15-5-2-1-3-6-15)14-22-9-11-24-12-10-22;;/h1-3,5-6,16-18H,4,7-14,20H2,(H,21,23);2*1H/t16-,17-,18?;;/m1../s1. The van der Waals surface area contributed by atoms with Crippen LogP contribution >= 0.6 is 24.8 Å². The number of hydrogen-bond acceptors (Lipinski definition) is 4. The molecule has 1 heterocycles. The smallest absolute Gasteiger partial charge is 0.223 e. The lowest BCUT2D eigenvalue weighted by molar-refractivity contribution is -0.127. The van der Waals surface area contributed by atoms with Crippen LogP contribution in [0.3, 0.4) is 0 Å². The Hall–Kier alpha value is -0.850. The minimum absolute atomic E-state index is 0. The zero-order chi connectivity index (χ0) is 16.8. The van der Waals surface area contributed by atoms with E-state index in [1.54, 1.807) is 0 Å². The highest BCUT2D eigenvalue weighted by Crippen LogP contribution is 2.31. The van der Waals surface area contributed by atoms with Crippen molar-refractivity contribution in [1.29, 1.82) is 0 Å². The summed E-state index contributed by atoms with van der Waals surface area (Å²) in [5.74, 6) is 0.584. The molecule has 3 rings (SSSR count). The van der Waals surface area contributed by atoms with E-state index in [2.05, 4.69) is 22.3 Å². The molecule has 0 radical (unpaired) electrons. The first-order valence-electron chi connectivity index (χ1n) is 9.13. The quantitative estimate of drug-likeness (QED) is 0.764. The SMILES string of the molecule is Cl.Cl.NC[C@H]1CCC[C@H]1C(=O)NC(CN1CCOCC1)c1ccccc1. The summed E-state index contributed by atoms with van der Waals surface area (Å²) >= 11 is 0. The fourth-order valence-corrected chi connectivity index (χ4v) is 3.90. The van der Waals surface area contributed by atoms with Gasteiger partial charge in [-0.1, -0.05) is 36.8 Å². The maximum Gasteiger partial charge on any atom is 0.223 e. The van der Waals surface area contributed by atoms with Gasteiger partial charge in [0.2, 0.25) is 5.91 Å². The maximum atomic E-state index is 12.8. The lowest BCUT2D eigenvalue weighted by atomic mass is 9.94. The van der Waals surface area contributed by atoms with Gasteiger partial charge in [0.1, 0.15) is 0 Å². The van der Waals surface area contributed by atoms with E-state index in [-0.39, 0.29) is 42.7 Å². The third-order valence-electron chi connectivity index (χ3n) is 5.36. The third-order valence-corrected chi connectivity index (χ3v) is 5.36. The van der Waals surface area contributed by atoms with E-state index in [9.17, 15) is 4.79 Å². The number of amides is 1. The maximum absolute atomic E-state index is 12.8. The number of morpholine rings is 1. The van der Waals surface area contributed by atoms with Crippen molar-refractivity contribution in [2.45, 2.75) is 25.3 Å². The van der Waals surface area contributed by atoms with Crippen molar-refractivity contribution >= 4 is 30.7 Å². The Bertz CT molecular complexity index is 527. The van der Waals surface area contributed by atoms with E-state index < -0.39 is 0 Å². The Labute approximate surface area is 168 Å². The summed E-state index contributed by atoms with van der Waals surface area (Å²) in [5, 5.41) is 3.31. The van der Waals surface area contributed by atoms with Crippen molar-refractivity contribution in [1.82, 2.24) is 10.2 Å². The highest BCUT2D eigenvalue weighted by molar-refractivity contribution is 5.85. The molecule has 2 aliphatic rings. The number of benzene rings is 1. The molecular weight excluding hydrogens is 373 g/mol. The second-order valence-corrected chi connectivity index (χ2v) is 6.92. The molecule has 3 atom stereocenters. The van der Waals surface area contributed by atoms with Crippen molar-refractivity contribution in [3.63, 3.8) is 0 Å². The number of carbonyl (C=O) groups excluding carboxylic acids is 1. The lowest BCUT2D eigenvalue weighted by Crippen LogP contribution is -2.45. The fraction of sp³-hybridized carbons (Fsp3) is 0.632. The van der Waals surface area contributed by atoms with Gasteiger partial charge in [-0.05, 0) is 30.9 Å². The Morgan fingerprint density at radius 1 is 1.19 bits per heavy atom. The van der Waals surface area contributed by atoms with Crippen LogP contribution in [0.25, 0.3) is 0 Å². The van der Waals surface area contributed by atoms with Crippen molar-refractivity contribution in [3.05, 3.63) is 35.9 Å². The van der Waals surface area contributed by atoms with Crippen LogP contribution in [0.1, 0.15) is 30.9 Å². The molecule has 1 aliphatic carbocycles. The van der Waals surface area contributed by atoms with Crippen LogP contribution in [-0.4, -0.2) is 50.2 Å². The van der Waals surface area contributed by atoms with Crippen molar-refractivity contribution in [2.24, 2.45) is 17.6 Å². The van der Waals surface area contributed by atoms with Crippen molar-refractivity contribution in [3.8, 4) is 0 Å². The van der Waals surface area contributed by atoms with Crippen LogP contribution in [0.15, 0.2) is 30.3 Å². The van der Waals surface area contributed by atoms with Crippen molar-refractivity contribution in [2.75, 3.05) is 39.4 Å². The number of nitrogens with one attached hydrogen (secondary N) is 1. The topological polar surface area (TPSA) is 67.6 Å². The van der Waals surface area contributed by atoms with E-state index >= 15 is 0 Å². The minimum atomic E-state index is 0. The van der Waals surface area contributed by atoms with Crippen LogP contribution in [0, 0.1) is 11.8 Å². The van der Waals surface area contributed by atoms with Crippen molar-refractivity contribution < 1.29 is 9.53 Å². The first-order chi connectivity index (χ1) is 11.8. The number of halogens is 2. The second kappa shape index (κ2) is 11.8. The van der Waals surface area contributed by atoms with Gasteiger partial charge < -0.3 is 15.8 Å². The Balaban J connectivity index is 0.00000169. The molecule has 5 nitrogen and oxygen atoms in total. The van der Waals surface area contributed by atoms with Crippen LogP contribution in [0.4, 0.5) is 0 Å². The molecule has 1 unspecified atom stereocenters. The summed E-state index contributed by atoms with van der Waals surface area (Å²) in [4.78, 5) is 15.2. The molecule has 1 aromatic carbocycles. The van der Waals surface area contributed by atoms with Gasteiger partial charge in [-0.3, -0.25) is 9.69 Å². The van der Waals surface area contributed by atoms with E-state index in [1.165, 1.54) is 5.56 Å². The third kappa shape index (κ3) is 6.10. The highest BCUT2D eigenvalue weighted by atomic mass is 35.5. The zero-order valence-electron chi connectivity index (χ0n) is 15.1. The summed E-state index contributed by atoms with van der Waals surface area (Å²) < 4.78 is 5.44. The number of nitrogens with zero attached hydrogens (tertiary/aromatic N) is 1. The van der Waals surface area contributed by atoms with E-state index in [4.69, 9.17) is 10.5 Å². The van der Waals surface area contributed by atoms with E-state index in [1.807, 2.05) is 18.2 Å². The zero-order valence-corrected chi connectivity index (χ0v) is 16.8. The Kier molecular flexibility index (Phi) is 10.5. The molecule has 7 heteroatoms. The van der Waals surface area contributed by atoms with Crippen LogP contribution in [0.2, 0.25) is 0 Å². The molecule has 1 aromatic rings. The molecule has 0 aromatic heterocycles. The predicted molar refractivity (Wildman–Crippen MR) is 109 cm³/mol. The van der Waals surface area contributed by atoms with Gasteiger partial charge in [0.05, 0.1) is 19.3 Å². The fourth-order valence-electron chi connectivity index (χ4n) is 3.90. The van der Waals surface area contributed by atoms with Gasteiger partial charge >= 0.3 is 0 Å². The summed E-state index contributed by atoms with van der Waals surface area (Å²) in [5.41, 5.74) is 7.02. The van der Waals surface area contributed by atoms with E-state index in [0.29, 0.717) is 12.5 Å². The summed E-state index contributed by atoms with van der Waals surface area (Å²) in [6, 6.07) is 10.3.